The van der Waals surface area contributed by atoms with Crippen LogP contribution in [0.4, 0.5) is 26.3 Å². The van der Waals surface area contributed by atoms with E-state index in [1.165, 1.54) is 21.0 Å². The zero-order valence-electron chi connectivity index (χ0n) is 21.1. The lowest BCUT2D eigenvalue weighted by Crippen LogP contribution is -2.49. The second-order valence-electron chi connectivity index (χ2n) is 9.41. The van der Waals surface area contributed by atoms with Gasteiger partial charge in [0.05, 0.1) is 11.7 Å². The third kappa shape index (κ3) is 3.60. The first kappa shape index (κ1) is 27.2. The molecule has 202 valence electrons. The van der Waals surface area contributed by atoms with Crippen molar-refractivity contribution in [3.63, 3.8) is 0 Å². The predicted octanol–water partition coefficient (Wildman–Crippen LogP) is 9.55. The topological polar surface area (TPSA) is 18.5 Å². The quantitative estimate of drug-likeness (QED) is 0.170. The molecule has 0 spiro atoms. The minimum atomic E-state index is -5.63. The van der Waals surface area contributed by atoms with E-state index in [0.29, 0.717) is 20.3 Å². The van der Waals surface area contributed by atoms with E-state index < -0.39 is 35.0 Å². The van der Waals surface area contributed by atoms with E-state index in [0.717, 1.165) is 28.1 Å². The van der Waals surface area contributed by atoms with Crippen molar-refractivity contribution < 1.29 is 35.8 Å². The molecule has 2 heterocycles. The number of hydrogen-bond donors (Lipinski definition) is 0. The maximum atomic E-state index is 15.8. The molecule has 1 atom stereocenters. The van der Waals surface area contributed by atoms with Crippen LogP contribution in [-0.2, 0) is 9.47 Å². The van der Waals surface area contributed by atoms with E-state index in [9.17, 15) is 0 Å². The van der Waals surface area contributed by atoms with Gasteiger partial charge < -0.3 is 9.47 Å². The number of alkyl halides is 6. The van der Waals surface area contributed by atoms with Crippen LogP contribution in [0.15, 0.2) is 36.4 Å². The first-order chi connectivity index (χ1) is 17.8. The van der Waals surface area contributed by atoms with Gasteiger partial charge in [-0.1, -0.05) is 30.3 Å². The molecule has 5 rings (SSSR count). The van der Waals surface area contributed by atoms with Crippen molar-refractivity contribution >= 4 is 54.7 Å². The van der Waals surface area contributed by atoms with Gasteiger partial charge in [0.15, 0.2) is 0 Å². The molecule has 4 aromatic rings. The average Bonchev–Trinajstić information content (AvgIpc) is 3.39. The summed E-state index contributed by atoms with van der Waals surface area (Å²) in [6.45, 7) is 5.99. The third-order valence-electron chi connectivity index (χ3n) is 7.16. The summed E-state index contributed by atoms with van der Waals surface area (Å²) in [7, 11) is 1.38. The summed E-state index contributed by atoms with van der Waals surface area (Å²) in [5.41, 5.74) is -2.47. The molecule has 2 aromatic carbocycles. The molecule has 0 fully saturated rings. The van der Waals surface area contributed by atoms with Gasteiger partial charge in [0.1, 0.15) is 6.79 Å². The number of benzene rings is 2. The SMILES string of the molecule is COCO[C@H](C)c1c(C2=C(c3c(C)sc(C)c3C)C(F)(F)C(F)(F)C2(F)F)sc2ccc3ccccc3c12. The Bertz CT molecular complexity index is 1600. The summed E-state index contributed by atoms with van der Waals surface area (Å²) < 4.78 is 104. The van der Waals surface area contributed by atoms with Crippen LogP contribution in [0.3, 0.4) is 0 Å². The smallest absolute Gasteiger partial charge is 0.359 e. The third-order valence-corrected chi connectivity index (χ3v) is 9.48. The number of aryl methyl sites for hydroxylation is 2. The van der Waals surface area contributed by atoms with Crippen molar-refractivity contribution in [3.05, 3.63) is 67.7 Å². The Hall–Kier alpha value is -2.40. The summed E-state index contributed by atoms with van der Waals surface area (Å²) in [6, 6.07) is 10.7. The van der Waals surface area contributed by atoms with Crippen molar-refractivity contribution in [1.29, 1.82) is 0 Å². The molecule has 2 aromatic heterocycles. The van der Waals surface area contributed by atoms with Gasteiger partial charge in [0.25, 0.3) is 0 Å². The number of fused-ring (bicyclic) bond motifs is 3. The maximum absolute atomic E-state index is 15.8. The van der Waals surface area contributed by atoms with E-state index in [-0.39, 0.29) is 33.2 Å². The summed E-state index contributed by atoms with van der Waals surface area (Å²) >= 11 is 1.91. The van der Waals surface area contributed by atoms with Gasteiger partial charge in [-0.05, 0) is 50.1 Å². The first-order valence-electron chi connectivity index (χ1n) is 11.8. The van der Waals surface area contributed by atoms with Gasteiger partial charge in [-0.2, -0.15) is 26.3 Å². The number of ether oxygens (including phenoxy) is 2. The minimum absolute atomic E-state index is 0.154. The molecule has 0 N–H and O–H groups in total. The Kier molecular flexibility index (Phi) is 6.49. The van der Waals surface area contributed by atoms with E-state index in [4.69, 9.17) is 9.47 Å². The number of allylic oxidation sites excluding steroid dienone is 2. The van der Waals surface area contributed by atoms with Gasteiger partial charge >= 0.3 is 17.8 Å². The Morgan fingerprint density at radius 2 is 1.50 bits per heavy atom. The molecule has 0 amide bonds. The van der Waals surface area contributed by atoms with Crippen molar-refractivity contribution in [3.8, 4) is 0 Å². The number of halogens is 6. The monoisotopic (exact) mass is 570 g/mol. The highest BCUT2D eigenvalue weighted by Gasteiger charge is 2.80. The van der Waals surface area contributed by atoms with Crippen LogP contribution >= 0.6 is 22.7 Å². The highest BCUT2D eigenvalue weighted by atomic mass is 32.1. The summed E-state index contributed by atoms with van der Waals surface area (Å²) in [6.07, 6.45) is -0.927. The molecule has 0 bridgehead atoms. The second-order valence-corrected chi connectivity index (χ2v) is 11.9. The van der Waals surface area contributed by atoms with Crippen LogP contribution in [-0.4, -0.2) is 31.7 Å². The predicted molar refractivity (Wildman–Crippen MR) is 141 cm³/mol. The number of rotatable bonds is 6. The fourth-order valence-electron chi connectivity index (χ4n) is 5.24. The second kappa shape index (κ2) is 9.08. The Morgan fingerprint density at radius 3 is 2.13 bits per heavy atom. The van der Waals surface area contributed by atoms with Crippen LogP contribution in [0.25, 0.3) is 32.0 Å². The van der Waals surface area contributed by atoms with Gasteiger partial charge in [0.2, 0.25) is 0 Å². The number of hydrogen-bond acceptors (Lipinski definition) is 4. The fraction of sp³-hybridized carbons (Fsp3) is 0.357. The lowest BCUT2D eigenvalue weighted by molar-refractivity contribution is -0.254. The fourth-order valence-corrected chi connectivity index (χ4v) is 7.70. The molecule has 0 saturated heterocycles. The molecular weight excluding hydrogens is 546 g/mol. The van der Waals surface area contributed by atoms with Crippen molar-refractivity contribution in [2.24, 2.45) is 0 Å². The molecule has 0 unspecified atom stereocenters. The van der Waals surface area contributed by atoms with Gasteiger partial charge in [-0.3, -0.25) is 0 Å². The van der Waals surface area contributed by atoms with Crippen LogP contribution in [0.5, 0.6) is 0 Å². The molecule has 2 nitrogen and oxygen atoms in total. The zero-order valence-corrected chi connectivity index (χ0v) is 22.8. The van der Waals surface area contributed by atoms with Gasteiger partial charge in [0, 0.05) is 48.5 Å². The molecule has 38 heavy (non-hydrogen) atoms. The molecule has 1 aliphatic carbocycles. The molecule has 0 saturated carbocycles. The first-order valence-corrected chi connectivity index (χ1v) is 13.4. The molecule has 10 heteroatoms. The van der Waals surface area contributed by atoms with Crippen LogP contribution < -0.4 is 0 Å². The minimum Gasteiger partial charge on any atom is -0.359 e. The van der Waals surface area contributed by atoms with E-state index >= 15 is 26.3 Å². The highest BCUT2D eigenvalue weighted by Crippen LogP contribution is 2.67. The summed E-state index contributed by atoms with van der Waals surface area (Å²) in [4.78, 5) is 0.537. The normalized spacial score (nSPS) is 19.1. The summed E-state index contributed by atoms with van der Waals surface area (Å²) in [5.74, 6) is -15.9. The van der Waals surface area contributed by atoms with Crippen LogP contribution in [0.2, 0.25) is 0 Å². The van der Waals surface area contributed by atoms with Crippen LogP contribution in [0.1, 0.15) is 44.3 Å². The number of thiophene rings is 2. The van der Waals surface area contributed by atoms with E-state index in [1.54, 1.807) is 38.1 Å². The lowest BCUT2D eigenvalue weighted by atomic mass is 9.92. The largest absolute Gasteiger partial charge is 0.380 e. The van der Waals surface area contributed by atoms with Crippen LogP contribution in [0, 0.1) is 20.8 Å². The maximum Gasteiger partial charge on any atom is 0.380 e. The standard InChI is InChI=1S/C28H24F6O2S2/c1-13-15(3)37-16(4)20(13)23-24(27(31,32)28(33,34)26(23,29)30)25-21(14(2)36-12-35-5)22-18-9-7-6-8-17(18)10-11-19(22)38-25/h6-11,14H,12H2,1-5H3/t14-/m1/s1. The van der Waals surface area contributed by atoms with E-state index in [2.05, 4.69) is 0 Å². The Morgan fingerprint density at radius 1 is 0.842 bits per heavy atom. The van der Waals surface area contributed by atoms with E-state index in [1.807, 2.05) is 12.1 Å². The molecule has 0 aliphatic heterocycles. The van der Waals surface area contributed by atoms with Gasteiger partial charge in [-0.25, -0.2) is 0 Å². The molecule has 0 radical (unpaired) electrons. The molecule has 1 aliphatic rings. The van der Waals surface area contributed by atoms with Crippen molar-refractivity contribution in [1.82, 2.24) is 0 Å². The summed E-state index contributed by atoms with van der Waals surface area (Å²) in [5, 5.41) is 1.96. The lowest BCUT2D eigenvalue weighted by Gasteiger charge is -2.26. The van der Waals surface area contributed by atoms with Crippen molar-refractivity contribution in [2.75, 3.05) is 13.9 Å². The average molecular weight is 571 g/mol. The Labute approximate surface area is 223 Å². The Balaban J connectivity index is 1.97. The molecular formula is C28H24F6O2S2. The number of methoxy groups -OCH3 is 1. The van der Waals surface area contributed by atoms with Crippen molar-refractivity contribution in [2.45, 2.75) is 51.6 Å². The van der Waals surface area contributed by atoms with Gasteiger partial charge in [-0.15, -0.1) is 22.7 Å². The zero-order chi connectivity index (χ0) is 27.8. The highest BCUT2D eigenvalue weighted by molar-refractivity contribution is 7.20.